The molecular weight excluding hydrogens is 489 g/mol. The molecule has 0 fully saturated rings. The fraction of sp³-hybridized carbons (Fsp3) is 0.0952. The Hall–Kier alpha value is -3.71. The highest BCUT2D eigenvalue weighted by Gasteiger charge is 2.27. The van der Waals surface area contributed by atoms with E-state index in [4.69, 9.17) is 5.73 Å². The lowest BCUT2D eigenvalue weighted by atomic mass is 10.1. The lowest BCUT2D eigenvalue weighted by Gasteiger charge is -2.12. The van der Waals surface area contributed by atoms with E-state index in [1.165, 1.54) is 29.7 Å². The summed E-state index contributed by atoms with van der Waals surface area (Å²) in [4.78, 5) is 13.5. The minimum atomic E-state index is -4.78. The fourth-order valence-corrected chi connectivity index (χ4v) is 5.26. The van der Waals surface area contributed by atoms with Crippen LogP contribution in [0, 0.1) is 17.5 Å². The van der Waals surface area contributed by atoms with Gasteiger partial charge in [-0.3, -0.25) is 4.72 Å². The zero-order valence-corrected chi connectivity index (χ0v) is 19.4. The number of nitrogens with two attached hydrogens (primary N) is 1. The van der Waals surface area contributed by atoms with E-state index in [0.29, 0.717) is 15.7 Å². The summed E-state index contributed by atoms with van der Waals surface area (Å²) in [6, 6.07) is 8.12. The van der Waals surface area contributed by atoms with Crippen LogP contribution in [-0.4, -0.2) is 37.5 Å². The van der Waals surface area contributed by atoms with E-state index in [1.54, 1.807) is 25.1 Å². The zero-order chi connectivity index (χ0) is 24.6. The predicted molar refractivity (Wildman–Crippen MR) is 124 cm³/mol. The average molecular weight is 507 g/mol. The van der Waals surface area contributed by atoms with Gasteiger partial charge in [0, 0.05) is 25.9 Å². The van der Waals surface area contributed by atoms with Crippen molar-refractivity contribution in [3.8, 4) is 21.8 Å². The molecule has 4 aromatic rings. The first-order chi connectivity index (χ1) is 16.1. The van der Waals surface area contributed by atoms with Gasteiger partial charge >= 0.3 is 0 Å². The van der Waals surface area contributed by atoms with Crippen molar-refractivity contribution in [2.24, 2.45) is 0 Å². The van der Waals surface area contributed by atoms with Crippen molar-refractivity contribution in [3.63, 3.8) is 0 Å². The minimum Gasteiger partial charge on any atom is -0.368 e. The Labute approximate surface area is 197 Å². The van der Waals surface area contributed by atoms with Gasteiger partial charge in [0.25, 0.3) is 10.0 Å². The molecule has 3 N–H and O–H groups in total. The first-order valence-electron chi connectivity index (χ1n) is 9.61. The summed E-state index contributed by atoms with van der Waals surface area (Å²) in [7, 11) is -1.27. The molecule has 0 aliphatic rings. The Balaban J connectivity index is 1.83. The number of anilines is 3. The first-order valence-corrected chi connectivity index (χ1v) is 11.9. The molecule has 0 aliphatic carbocycles. The summed E-state index contributed by atoms with van der Waals surface area (Å²) in [5.74, 6) is -3.58. The Morgan fingerprint density at radius 1 is 1.00 bits per heavy atom. The summed E-state index contributed by atoms with van der Waals surface area (Å²) in [6.07, 6.45) is 1.44. The van der Waals surface area contributed by atoms with Crippen LogP contribution in [0.4, 0.5) is 29.9 Å². The number of rotatable bonds is 6. The van der Waals surface area contributed by atoms with Gasteiger partial charge < -0.3 is 10.6 Å². The summed E-state index contributed by atoms with van der Waals surface area (Å²) < 4.78 is 70.9. The van der Waals surface area contributed by atoms with Gasteiger partial charge in [-0.15, -0.1) is 0 Å². The van der Waals surface area contributed by atoms with Crippen LogP contribution < -0.4 is 15.4 Å². The Bertz CT molecular complexity index is 1470. The largest absolute Gasteiger partial charge is 0.368 e. The standard InChI is InChI=1S/C21H17F3N6O2S2/c1-30(2)21-28-17(18(33-21)15-9-10-26-20(25)27-15)11-5-3-8-14(16(11)24)29-34(31,32)19-12(22)6-4-7-13(19)23/h3-10,29H,1-2H3,(H2,25,26,27). The number of benzene rings is 2. The summed E-state index contributed by atoms with van der Waals surface area (Å²) >= 11 is 1.22. The molecule has 0 saturated carbocycles. The van der Waals surface area contributed by atoms with E-state index in [2.05, 4.69) is 15.0 Å². The zero-order valence-electron chi connectivity index (χ0n) is 17.8. The molecule has 0 unspecified atom stereocenters. The Morgan fingerprint density at radius 3 is 2.32 bits per heavy atom. The third-order valence-corrected chi connectivity index (χ3v) is 7.25. The van der Waals surface area contributed by atoms with Gasteiger partial charge in [0.15, 0.2) is 15.8 Å². The number of hydrogen-bond acceptors (Lipinski definition) is 8. The molecule has 0 saturated heterocycles. The molecule has 8 nitrogen and oxygen atoms in total. The molecule has 0 spiro atoms. The van der Waals surface area contributed by atoms with Crippen molar-refractivity contribution in [2.45, 2.75) is 4.90 Å². The normalized spacial score (nSPS) is 11.4. The smallest absolute Gasteiger partial charge is 0.267 e. The van der Waals surface area contributed by atoms with E-state index in [-0.39, 0.29) is 17.2 Å². The van der Waals surface area contributed by atoms with Crippen molar-refractivity contribution in [1.82, 2.24) is 15.0 Å². The highest BCUT2D eigenvalue weighted by Crippen LogP contribution is 2.41. The maximum Gasteiger partial charge on any atom is 0.267 e. The second-order valence-electron chi connectivity index (χ2n) is 7.19. The number of halogens is 3. The van der Waals surface area contributed by atoms with Crippen LogP contribution in [-0.2, 0) is 10.0 Å². The monoisotopic (exact) mass is 506 g/mol. The van der Waals surface area contributed by atoms with E-state index < -0.39 is 38.1 Å². The summed E-state index contributed by atoms with van der Waals surface area (Å²) in [5.41, 5.74) is 5.72. The van der Waals surface area contributed by atoms with Crippen LogP contribution in [0.3, 0.4) is 0 Å². The number of thiazole rings is 1. The van der Waals surface area contributed by atoms with E-state index in [9.17, 15) is 17.2 Å². The van der Waals surface area contributed by atoms with Gasteiger partial charge in [-0.05, 0) is 30.3 Å². The number of hydrogen-bond donors (Lipinski definition) is 2. The molecule has 0 bridgehead atoms. The first kappa shape index (κ1) is 23.4. The maximum absolute atomic E-state index is 15.6. The highest BCUT2D eigenvalue weighted by atomic mass is 32.2. The molecule has 0 radical (unpaired) electrons. The number of nitrogens with zero attached hydrogens (tertiary/aromatic N) is 4. The third-order valence-electron chi connectivity index (χ3n) is 4.59. The van der Waals surface area contributed by atoms with Crippen molar-refractivity contribution in [2.75, 3.05) is 29.5 Å². The van der Waals surface area contributed by atoms with Crippen molar-refractivity contribution < 1.29 is 21.6 Å². The van der Waals surface area contributed by atoms with Crippen LogP contribution in [0.5, 0.6) is 0 Å². The minimum absolute atomic E-state index is 0.0113. The van der Waals surface area contributed by atoms with Crippen LogP contribution >= 0.6 is 11.3 Å². The van der Waals surface area contributed by atoms with E-state index in [0.717, 1.165) is 24.3 Å². The summed E-state index contributed by atoms with van der Waals surface area (Å²) in [6.45, 7) is 0. The number of nitrogen functional groups attached to an aromatic ring is 1. The van der Waals surface area contributed by atoms with Crippen molar-refractivity contribution >= 4 is 38.1 Å². The van der Waals surface area contributed by atoms with Crippen LogP contribution in [0.15, 0.2) is 53.6 Å². The van der Waals surface area contributed by atoms with Gasteiger partial charge in [0.2, 0.25) is 5.95 Å². The average Bonchev–Trinajstić information content (AvgIpc) is 3.20. The predicted octanol–water partition coefficient (Wildman–Crippen LogP) is 4.13. The molecule has 34 heavy (non-hydrogen) atoms. The van der Waals surface area contributed by atoms with Crippen LogP contribution in [0.25, 0.3) is 21.8 Å². The molecule has 2 heterocycles. The molecule has 0 aliphatic heterocycles. The van der Waals surface area contributed by atoms with Crippen LogP contribution in [0.2, 0.25) is 0 Å². The molecule has 176 valence electrons. The van der Waals surface area contributed by atoms with E-state index >= 15 is 4.39 Å². The van der Waals surface area contributed by atoms with Crippen LogP contribution in [0.1, 0.15) is 0 Å². The number of aromatic nitrogens is 3. The summed E-state index contributed by atoms with van der Waals surface area (Å²) in [5, 5.41) is 0.529. The van der Waals surface area contributed by atoms with Crippen molar-refractivity contribution in [3.05, 3.63) is 66.1 Å². The van der Waals surface area contributed by atoms with Gasteiger partial charge in [-0.25, -0.2) is 36.5 Å². The molecule has 4 rings (SSSR count). The number of sulfonamides is 1. The SMILES string of the molecule is CN(C)c1nc(-c2cccc(NS(=O)(=O)c3c(F)cccc3F)c2F)c(-c2ccnc(N)n2)s1. The van der Waals surface area contributed by atoms with Gasteiger partial charge in [0.05, 0.1) is 22.0 Å². The highest BCUT2D eigenvalue weighted by molar-refractivity contribution is 7.92. The van der Waals surface area contributed by atoms with Gasteiger partial charge in [0.1, 0.15) is 11.6 Å². The quantitative estimate of drug-likeness (QED) is 0.404. The second-order valence-corrected chi connectivity index (χ2v) is 9.79. The molecule has 2 aromatic carbocycles. The third kappa shape index (κ3) is 4.39. The second kappa shape index (κ2) is 8.91. The van der Waals surface area contributed by atoms with Crippen molar-refractivity contribution in [1.29, 1.82) is 0 Å². The topological polar surface area (TPSA) is 114 Å². The Morgan fingerprint density at radius 2 is 1.68 bits per heavy atom. The maximum atomic E-state index is 15.6. The van der Waals surface area contributed by atoms with Gasteiger partial charge in [-0.1, -0.05) is 23.5 Å². The lowest BCUT2D eigenvalue weighted by molar-refractivity contribution is 0.521. The fourth-order valence-electron chi connectivity index (χ4n) is 3.09. The molecule has 0 amide bonds. The molecular formula is C21H17F3N6O2S2. The molecule has 13 heteroatoms. The Kier molecular flexibility index (Phi) is 6.15. The lowest BCUT2D eigenvalue weighted by Crippen LogP contribution is -2.17. The number of nitrogens with one attached hydrogen (secondary N) is 1. The van der Waals surface area contributed by atoms with Gasteiger partial charge in [-0.2, -0.15) is 0 Å². The van der Waals surface area contributed by atoms with E-state index in [1.807, 2.05) is 4.72 Å². The molecule has 2 aromatic heterocycles. The molecule has 0 atom stereocenters.